The molecule has 0 aliphatic heterocycles. The number of nitrogens with zero attached hydrogens (tertiary/aromatic N) is 2. The number of pyridine rings is 1. The monoisotopic (exact) mass is 234 g/mol. The van der Waals surface area contributed by atoms with Gasteiger partial charge < -0.3 is 14.4 Å². The van der Waals surface area contributed by atoms with Crippen LogP contribution in [0.1, 0.15) is 21.9 Å². The number of ether oxygens (including phenoxy) is 1. The van der Waals surface area contributed by atoms with Gasteiger partial charge in [-0.05, 0) is 19.1 Å². The topological polar surface area (TPSA) is 85.5 Å². The Labute approximate surface area is 96.8 Å². The fourth-order valence-electron chi connectivity index (χ4n) is 1.25. The van der Waals surface area contributed by atoms with E-state index in [9.17, 15) is 4.79 Å². The standard InChI is InChI=1S/C11H10N2O4/c1-7-10(3-2-4-12-7)16-6-8-5-9(11(14)15)13-17-8/h2-5H,6H2,1H3,(H,14,15). The van der Waals surface area contributed by atoms with Crippen LogP contribution in [0.4, 0.5) is 0 Å². The van der Waals surface area contributed by atoms with Crippen LogP contribution < -0.4 is 4.74 Å². The Morgan fingerprint density at radius 3 is 3.06 bits per heavy atom. The number of aromatic nitrogens is 2. The highest BCUT2D eigenvalue weighted by Crippen LogP contribution is 2.15. The van der Waals surface area contributed by atoms with Crippen molar-refractivity contribution in [2.24, 2.45) is 0 Å². The summed E-state index contributed by atoms with van der Waals surface area (Å²) >= 11 is 0. The van der Waals surface area contributed by atoms with Crippen molar-refractivity contribution in [3.63, 3.8) is 0 Å². The quantitative estimate of drug-likeness (QED) is 0.865. The molecule has 0 bridgehead atoms. The van der Waals surface area contributed by atoms with E-state index in [0.717, 1.165) is 5.69 Å². The average Bonchev–Trinajstić information content (AvgIpc) is 2.77. The van der Waals surface area contributed by atoms with Crippen LogP contribution in [-0.2, 0) is 6.61 Å². The molecule has 0 fully saturated rings. The molecule has 17 heavy (non-hydrogen) atoms. The molecule has 2 heterocycles. The van der Waals surface area contributed by atoms with Crippen LogP contribution in [0.5, 0.6) is 5.75 Å². The normalized spacial score (nSPS) is 10.2. The lowest BCUT2D eigenvalue weighted by atomic mass is 10.3. The molecule has 1 N–H and O–H groups in total. The summed E-state index contributed by atoms with van der Waals surface area (Å²) in [6, 6.07) is 4.86. The largest absolute Gasteiger partial charge is 0.484 e. The molecule has 0 atom stereocenters. The van der Waals surface area contributed by atoms with Gasteiger partial charge in [0.15, 0.2) is 11.5 Å². The first-order valence-electron chi connectivity index (χ1n) is 4.90. The van der Waals surface area contributed by atoms with Crippen LogP contribution in [0.2, 0.25) is 0 Å². The smallest absolute Gasteiger partial charge is 0.358 e. The highest BCUT2D eigenvalue weighted by Gasteiger charge is 2.11. The van der Waals surface area contributed by atoms with Crippen LogP contribution in [0.15, 0.2) is 28.9 Å². The molecule has 0 aliphatic carbocycles. The van der Waals surface area contributed by atoms with Crippen molar-refractivity contribution in [3.05, 3.63) is 41.5 Å². The predicted octanol–water partition coefficient (Wildman–Crippen LogP) is 1.66. The molecule has 0 unspecified atom stereocenters. The van der Waals surface area contributed by atoms with E-state index in [1.54, 1.807) is 18.3 Å². The molecule has 2 aromatic heterocycles. The van der Waals surface area contributed by atoms with Gasteiger partial charge in [0, 0.05) is 12.3 Å². The molecule has 2 aromatic rings. The highest BCUT2D eigenvalue weighted by molar-refractivity contribution is 5.85. The zero-order valence-electron chi connectivity index (χ0n) is 9.08. The third-order valence-electron chi connectivity index (χ3n) is 2.11. The highest BCUT2D eigenvalue weighted by atomic mass is 16.5. The van der Waals surface area contributed by atoms with Gasteiger partial charge in [-0.25, -0.2) is 4.79 Å². The van der Waals surface area contributed by atoms with Crippen molar-refractivity contribution in [2.45, 2.75) is 13.5 Å². The lowest BCUT2D eigenvalue weighted by molar-refractivity contribution is 0.0685. The maximum Gasteiger partial charge on any atom is 0.358 e. The number of hydrogen-bond donors (Lipinski definition) is 1. The van der Waals surface area contributed by atoms with Gasteiger partial charge in [0.05, 0.1) is 5.69 Å². The first-order valence-corrected chi connectivity index (χ1v) is 4.90. The molecule has 0 spiro atoms. The van der Waals surface area contributed by atoms with E-state index >= 15 is 0 Å². The average molecular weight is 234 g/mol. The van der Waals surface area contributed by atoms with Crippen LogP contribution in [0.25, 0.3) is 0 Å². The minimum atomic E-state index is -1.13. The summed E-state index contributed by atoms with van der Waals surface area (Å²) < 4.78 is 10.2. The third kappa shape index (κ3) is 2.60. The summed E-state index contributed by atoms with van der Waals surface area (Å²) in [6.07, 6.45) is 1.67. The SMILES string of the molecule is Cc1ncccc1OCc1cc(C(=O)O)no1. The molecule has 0 aromatic carbocycles. The Balaban J connectivity index is 2.02. The van der Waals surface area contributed by atoms with E-state index in [4.69, 9.17) is 14.4 Å². The van der Waals surface area contributed by atoms with E-state index in [2.05, 4.69) is 10.1 Å². The minimum absolute atomic E-state index is 0.118. The molecule has 0 saturated heterocycles. The van der Waals surface area contributed by atoms with E-state index < -0.39 is 5.97 Å². The number of carbonyl (C=O) groups is 1. The maximum atomic E-state index is 10.6. The van der Waals surface area contributed by atoms with Crippen LogP contribution >= 0.6 is 0 Å². The zero-order chi connectivity index (χ0) is 12.3. The summed E-state index contributed by atoms with van der Waals surface area (Å²) in [5.74, 6) is -0.149. The summed E-state index contributed by atoms with van der Waals surface area (Å²) in [6.45, 7) is 1.94. The van der Waals surface area contributed by atoms with Gasteiger partial charge in [-0.3, -0.25) is 4.98 Å². The molecule has 0 radical (unpaired) electrons. The lowest BCUT2D eigenvalue weighted by Gasteiger charge is -2.05. The second-order valence-electron chi connectivity index (χ2n) is 3.36. The van der Waals surface area contributed by atoms with Crippen molar-refractivity contribution in [1.29, 1.82) is 0 Å². The maximum absolute atomic E-state index is 10.6. The van der Waals surface area contributed by atoms with Crippen molar-refractivity contribution in [2.75, 3.05) is 0 Å². The van der Waals surface area contributed by atoms with Gasteiger partial charge in [-0.15, -0.1) is 0 Å². The number of aryl methyl sites for hydroxylation is 1. The fourth-order valence-corrected chi connectivity index (χ4v) is 1.25. The first-order chi connectivity index (χ1) is 8.16. The molecule has 0 aliphatic rings. The Morgan fingerprint density at radius 2 is 2.41 bits per heavy atom. The number of hydrogen-bond acceptors (Lipinski definition) is 5. The summed E-state index contributed by atoms with van der Waals surface area (Å²) in [7, 11) is 0. The van der Waals surface area contributed by atoms with Gasteiger partial charge >= 0.3 is 5.97 Å². The van der Waals surface area contributed by atoms with Gasteiger partial charge in [-0.1, -0.05) is 5.16 Å². The summed E-state index contributed by atoms with van der Waals surface area (Å²) in [5, 5.41) is 12.0. The predicted molar refractivity (Wildman–Crippen MR) is 56.8 cm³/mol. The number of aromatic carboxylic acids is 1. The number of rotatable bonds is 4. The molecule has 0 amide bonds. The van der Waals surface area contributed by atoms with Gasteiger partial charge in [0.1, 0.15) is 12.4 Å². The summed E-state index contributed by atoms with van der Waals surface area (Å²) in [5.41, 5.74) is 0.622. The fraction of sp³-hybridized carbons (Fsp3) is 0.182. The van der Waals surface area contributed by atoms with Gasteiger partial charge in [0.25, 0.3) is 0 Å². The Hall–Kier alpha value is -2.37. The van der Waals surface area contributed by atoms with Crippen molar-refractivity contribution in [1.82, 2.24) is 10.1 Å². The van der Waals surface area contributed by atoms with Gasteiger partial charge in [0.2, 0.25) is 0 Å². The lowest BCUT2D eigenvalue weighted by Crippen LogP contribution is -1.97. The van der Waals surface area contributed by atoms with Crippen molar-refractivity contribution >= 4 is 5.97 Å². The van der Waals surface area contributed by atoms with E-state index in [0.29, 0.717) is 11.5 Å². The molecular weight excluding hydrogens is 224 g/mol. The molecule has 6 nitrogen and oxygen atoms in total. The van der Waals surface area contributed by atoms with Crippen LogP contribution in [0, 0.1) is 6.92 Å². The van der Waals surface area contributed by atoms with E-state index in [-0.39, 0.29) is 12.3 Å². The van der Waals surface area contributed by atoms with Crippen molar-refractivity contribution in [3.8, 4) is 5.75 Å². The number of carboxylic acid groups (broad SMARTS) is 1. The van der Waals surface area contributed by atoms with Crippen molar-refractivity contribution < 1.29 is 19.2 Å². The van der Waals surface area contributed by atoms with E-state index in [1.807, 2.05) is 6.92 Å². The third-order valence-corrected chi connectivity index (χ3v) is 2.11. The second-order valence-corrected chi connectivity index (χ2v) is 3.36. The Kier molecular flexibility index (Phi) is 3.04. The zero-order valence-corrected chi connectivity index (χ0v) is 9.08. The minimum Gasteiger partial charge on any atom is -0.484 e. The Bertz CT molecular complexity index is 536. The van der Waals surface area contributed by atoms with E-state index in [1.165, 1.54) is 6.07 Å². The molecule has 2 rings (SSSR count). The van der Waals surface area contributed by atoms with Gasteiger partial charge in [-0.2, -0.15) is 0 Å². The molecule has 88 valence electrons. The second kappa shape index (κ2) is 4.65. The molecule has 6 heteroatoms. The van der Waals surface area contributed by atoms with Crippen LogP contribution in [-0.4, -0.2) is 21.2 Å². The molecular formula is C11H10N2O4. The number of carboxylic acids is 1. The Morgan fingerprint density at radius 1 is 1.59 bits per heavy atom. The molecule has 0 saturated carbocycles. The first kappa shape index (κ1) is 11.1. The summed E-state index contributed by atoms with van der Waals surface area (Å²) in [4.78, 5) is 14.6. The van der Waals surface area contributed by atoms with Crippen LogP contribution in [0.3, 0.4) is 0 Å².